The van der Waals surface area contributed by atoms with Crippen molar-refractivity contribution in [3.8, 4) is 0 Å². The Labute approximate surface area is 61.4 Å². The highest BCUT2D eigenvalue weighted by atomic mass is 32.2. The second-order valence-electron chi connectivity index (χ2n) is 2.08. The van der Waals surface area contributed by atoms with Crippen molar-refractivity contribution >= 4 is 18.2 Å². The normalized spacial score (nSPS) is 11.1. The largest absolute Gasteiger partial charge is 0.224 e. The van der Waals surface area contributed by atoms with Gasteiger partial charge in [0.2, 0.25) is 0 Å². The van der Waals surface area contributed by atoms with E-state index in [1.807, 2.05) is 6.92 Å². The van der Waals surface area contributed by atoms with Crippen molar-refractivity contribution in [1.82, 2.24) is 0 Å². The highest BCUT2D eigenvalue weighted by Crippen LogP contribution is 2.21. The van der Waals surface area contributed by atoms with E-state index >= 15 is 0 Å². The Hall–Kier alpha value is -0.240. The van der Waals surface area contributed by atoms with Crippen LogP contribution in [0.5, 0.6) is 0 Å². The topological polar surface area (TPSA) is 12.4 Å². The van der Waals surface area contributed by atoms with E-state index in [0.717, 1.165) is 4.91 Å². The van der Waals surface area contributed by atoms with Gasteiger partial charge in [0.25, 0.3) is 0 Å². The molecule has 0 fully saturated rings. The molecular formula is C7H13NS. The number of allylic oxidation sites excluding steroid dienone is 1. The summed E-state index contributed by atoms with van der Waals surface area (Å²) in [5.74, 6) is 0.527. The van der Waals surface area contributed by atoms with Crippen LogP contribution in [0.1, 0.15) is 20.8 Å². The van der Waals surface area contributed by atoms with Crippen LogP contribution in [0.3, 0.4) is 0 Å². The average molecular weight is 143 g/mol. The highest BCUT2D eigenvalue weighted by molar-refractivity contribution is 8.01. The number of rotatable bonds is 3. The van der Waals surface area contributed by atoms with E-state index in [1.54, 1.807) is 6.21 Å². The van der Waals surface area contributed by atoms with E-state index < -0.39 is 0 Å². The Bertz CT molecular complexity index is 116. The molecule has 0 heterocycles. The second kappa shape index (κ2) is 4.62. The van der Waals surface area contributed by atoms with E-state index in [4.69, 9.17) is 0 Å². The molecule has 0 saturated heterocycles. The third kappa shape index (κ3) is 4.28. The first-order valence-corrected chi connectivity index (χ1v) is 3.79. The predicted octanol–water partition coefficient (Wildman–Crippen LogP) is 2.90. The fourth-order valence-corrected chi connectivity index (χ4v) is 0.677. The van der Waals surface area contributed by atoms with E-state index in [0.29, 0.717) is 5.92 Å². The lowest BCUT2D eigenvalue weighted by Gasteiger charge is -2.02. The summed E-state index contributed by atoms with van der Waals surface area (Å²) < 4.78 is 3.99. The van der Waals surface area contributed by atoms with E-state index in [1.165, 1.54) is 11.9 Å². The minimum Gasteiger partial charge on any atom is -0.224 e. The molecule has 1 nitrogen and oxygen atoms in total. The van der Waals surface area contributed by atoms with Crippen LogP contribution in [0.4, 0.5) is 0 Å². The summed E-state index contributed by atoms with van der Waals surface area (Å²) in [6.07, 6.45) is 1.78. The monoisotopic (exact) mass is 143 g/mol. The van der Waals surface area contributed by atoms with Crippen molar-refractivity contribution in [2.24, 2.45) is 10.3 Å². The first kappa shape index (κ1) is 8.76. The molecule has 0 aliphatic carbocycles. The highest BCUT2D eigenvalue weighted by Gasteiger charge is 1.97. The molecule has 0 aromatic rings. The molecule has 0 aliphatic heterocycles. The van der Waals surface area contributed by atoms with Crippen LogP contribution in [0.15, 0.2) is 15.9 Å². The number of hydrogen-bond acceptors (Lipinski definition) is 2. The Kier molecular flexibility index (Phi) is 4.50. The van der Waals surface area contributed by atoms with Gasteiger partial charge in [-0.25, -0.2) is 4.40 Å². The molecule has 9 heavy (non-hydrogen) atoms. The van der Waals surface area contributed by atoms with E-state index in [-0.39, 0.29) is 0 Å². The summed E-state index contributed by atoms with van der Waals surface area (Å²) in [6.45, 7) is 9.97. The van der Waals surface area contributed by atoms with Gasteiger partial charge in [-0.05, 0) is 12.8 Å². The van der Waals surface area contributed by atoms with Gasteiger partial charge >= 0.3 is 0 Å². The maximum absolute atomic E-state index is 3.99. The lowest BCUT2D eigenvalue weighted by atomic mass is 10.2. The van der Waals surface area contributed by atoms with E-state index in [2.05, 4.69) is 24.8 Å². The van der Waals surface area contributed by atoms with Crippen LogP contribution in [-0.4, -0.2) is 6.21 Å². The fraction of sp³-hybridized carbons (Fsp3) is 0.571. The molecule has 0 N–H and O–H groups in total. The van der Waals surface area contributed by atoms with Gasteiger partial charge in [-0.2, -0.15) is 0 Å². The van der Waals surface area contributed by atoms with Gasteiger partial charge in [-0.15, -0.1) is 0 Å². The van der Waals surface area contributed by atoms with E-state index in [9.17, 15) is 0 Å². The Balaban J connectivity index is 3.51. The standard InChI is InChI=1S/C7H13NS/c1-5-8-9-7(4)6(2)3/h5-6H,4H2,1-3H3. The van der Waals surface area contributed by atoms with Gasteiger partial charge in [0, 0.05) is 23.1 Å². The Morgan fingerprint density at radius 1 is 1.67 bits per heavy atom. The molecule has 52 valence electrons. The SMILES string of the molecule is C=C(SN=CC)C(C)C. The molecule has 0 saturated carbocycles. The van der Waals surface area contributed by atoms with Crippen LogP contribution in [0.25, 0.3) is 0 Å². The summed E-state index contributed by atoms with van der Waals surface area (Å²) in [6, 6.07) is 0. The third-order valence-electron chi connectivity index (χ3n) is 0.919. The van der Waals surface area contributed by atoms with Gasteiger partial charge in [0.15, 0.2) is 0 Å². The summed E-state index contributed by atoms with van der Waals surface area (Å²) in [7, 11) is 0. The summed E-state index contributed by atoms with van der Waals surface area (Å²) in [5, 5.41) is 0. The van der Waals surface area contributed by atoms with Crippen LogP contribution in [0, 0.1) is 5.92 Å². The van der Waals surface area contributed by atoms with Gasteiger partial charge < -0.3 is 0 Å². The second-order valence-corrected chi connectivity index (χ2v) is 2.99. The third-order valence-corrected chi connectivity index (χ3v) is 1.94. The maximum atomic E-state index is 3.99. The minimum absolute atomic E-state index is 0.527. The minimum atomic E-state index is 0.527. The van der Waals surface area contributed by atoms with Crippen molar-refractivity contribution in [2.45, 2.75) is 20.8 Å². The fourth-order valence-electron chi connectivity index (χ4n) is 0.226. The molecule has 0 aliphatic rings. The predicted molar refractivity (Wildman–Crippen MR) is 45.7 cm³/mol. The van der Waals surface area contributed by atoms with Crippen LogP contribution in [-0.2, 0) is 0 Å². The molecular weight excluding hydrogens is 130 g/mol. The lowest BCUT2D eigenvalue weighted by molar-refractivity contribution is 0.820. The zero-order chi connectivity index (χ0) is 7.28. The Morgan fingerprint density at radius 3 is 2.56 bits per heavy atom. The number of nitrogens with zero attached hydrogens (tertiary/aromatic N) is 1. The quantitative estimate of drug-likeness (QED) is 0.437. The molecule has 0 rings (SSSR count). The Morgan fingerprint density at radius 2 is 2.22 bits per heavy atom. The van der Waals surface area contributed by atoms with Crippen LogP contribution in [0.2, 0.25) is 0 Å². The molecule has 0 atom stereocenters. The van der Waals surface area contributed by atoms with Crippen molar-refractivity contribution in [3.63, 3.8) is 0 Å². The molecule has 0 spiro atoms. The van der Waals surface area contributed by atoms with Gasteiger partial charge in [-0.1, -0.05) is 20.4 Å². The summed E-state index contributed by atoms with van der Waals surface area (Å²) in [5.41, 5.74) is 0. The summed E-state index contributed by atoms with van der Waals surface area (Å²) in [4.78, 5) is 1.12. The number of hydrogen-bond donors (Lipinski definition) is 0. The molecule has 2 heteroatoms. The van der Waals surface area contributed by atoms with Crippen molar-refractivity contribution in [1.29, 1.82) is 0 Å². The van der Waals surface area contributed by atoms with Gasteiger partial charge in [-0.3, -0.25) is 0 Å². The first-order chi connectivity index (χ1) is 4.18. The molecule has 0 unspecified atom stereocenters. The zero-order valence-corrected chi connectivity index (χ0v) is 7.03. The average Bonchev–Trinajstić information content (AvgIpc) is 1.82. The lowest BCUT2D eigenvalue weighted by Crippen LogP contribution is -1.84. The first-order valence-electron chi connectivity index (χ1n) is 3.02. The maximum Gasteiger partial charge on any atom is 0.00988 e. The summed E-state index contributed by atoms with van der Waals surface area (Å²) >= 11 is 1.46. The zero-order valence-electron chi connectivity index (χ0n) is 6.22. The van der Waals surface area contributed by atoms with Crippen molar-refractivity contribution in [3.05, 3.63) is 11.5 Å². The van der Waals surface area contributed by atoms with Crippen LogP contribution >= 0.6 is 11.9 Å². The van der Waals surface area contributed by atoms with Crippen LogP contribution < -0.4 is 0 Å². The molecule has 0 amide bonds. The van der Waals surface area contributed by atoms with Gasteiger partial charge in [0.1, 0.15) is 0 Å². The smallest absolute Gasteiger partial charge is 0.00988 e. The molecule has 0 aromatic heterocycles. The molecule has 0 radical (unpaired) electrons. The molecule has 0 aromatic carbocycles. The van der Waals surface area contributed by atoms with Gasteiger partial charge in [0.05, 0.1) is 0 Å². The molecule has 0 bridgehead atoms. The van der Waals surface area contributed by atoms with Crippen molar-refractivity contribution in [2.75, 3.05) is 0 Å². The van der Waals surface area contributed by atoms with Crippen molar-refractivity contribution < 1.29 is 0 Å².